The third-order valence-corrected chi connectivity index (χ3v) is 3.75. The monoisotopic (exact) mass is 293 g/mol. The first-order valence-electron chi connectivity index (χ1n) is 6.77. The Bertz CT molecular complexity index is 554. The minimum atomic E-state index is -0.520. The van der Waals surface area contributed by atoms with E-state index in [4.69, 9.17) is 11.6 Å². The van der Waals surface area contributed by atoms with E-state index in [1.165, 1.54) is 0 Å². The highest BCUT2D eigenvalue weighted by molar-refractivity contribution is 6.31. The van der Waals surface area contributed by atoms with Crippen molar-refractivity contribution >= 4 is 11.6 Å². The van der Waals surface area contributed by atoms with E-state index in [1.54, 1.807) is 4.68 Å². The molecule has 1 aromatic carbocycles. The molecule has 0 spiro atoms. The second-order valence-corrected chi connectivity index (χ2v) is 5.12. The number of rotatable bonds is 6. The van der Waals surface area contributed by atoms with Crippen LogP contribution in [0.4, 0.5) is 0 Å². The van der Waals surface area contributed by atoms with E-state index in [0.717, 1.165) is 28.4 Å². The topological polar surface area (TPSA) is 50.1 Å². The predicted octanol–water partition coefficient (Wildman–Crippen LogP) is 2.46. The Balaban J connectivity index is 1.92. The van der Waals surface area contributed by atoms with Gasteiger partial charge in [-0.3, -0.25) is 4.68 Å². The summed E-state index contributed by atoms with van der Waals surface area (Å²) in [6.45, 7) is 3.10. The van der Waals surface area contributed by atoms with E-state index < -0.39 is 6.10 Å². The Morgan fingerprint density at radius 3 is 2.65 bits per heavy atom. The molecule has 2 aromatic rings. The molecule has 5 heteroatoms. The van der Waals surface area contributed by atoms with E-state index in [-0.39, 0.29) is 0 Å². The molecule has 1 aromatic heterocycles. The highest BCUT2D eigenvalue weighted by Crippen LogP contribution is 2.20. The molecule has 0 aliphatic carbocycles. The first kappa shape index (κ1) is 15.0. The number of aryl methyl sites for hydroxylation is 2. The number of halogens is 1. The largest absolute Gasteiger partial charge is 0.387 e. The van der Waals surface area contributed by atoms with E-state index in [1.807, 2.05) is 44.3 Å². The van der Waals surface area contributed by atoms with Crippen LogP contribution >= 0.6 is 11.6 Å². The third-order valence-electron chi connectivity index (χ3n) is 3.32. The van der Waals surface area contributed by atoms with Crippen molar-refractivity contribution < 1.29 is 5.11 Å². The van der Waals surface area contributed by atoms with Gasteiger partial charge in [0.1, 0.15) is 0 Å². The average Bonchev–Trinajstić information content (AvgIpc) is 2.75. The molecular weight excluding hydrogens is 274 g/mol. The number of hydrogen-bond donors (Lipinski definition) is 2. The second kappa shape index (κ2) is 6.88. The van der Waals surface area contributed by atoms with Crippen LogP contribution < -0.4 is 5.32 Å². The summed E-state index contributed by atoms with van der Waals surface area (Å²) >= 11 is 6.28. The molecule has 0 saturated carbocycles. The highest BCUT2D eigenvalue weighted by Gasteiger charge is 2.13. The van der Waals surface area contributed by atoms with Crippen molar-refractivity contribution in [3.05, 3.63) is 52.3 Å². The van der Waals surface area contributed by atoms with Gasteiger partial charge in [0.05, 0.1) is 22.5 Å². The third kappa shape index (κ3) is 3.39. The summed E-state index contributed by atoms with van der Waals surface area (Å²) in [7, 11) is 1.88. The van der Waals surface area contributed by atoms with Crippen LogP contribution in [0.25, 0.3) is 0 Å². The van der Waals surface area contributed by atoms with Crippen LogP contribution in [-0.2, 0) is 20.0 Å². The van der Waals surface area contributed by atoms with Crippen molar-refractivity contribution in [3.8, 4) is 0 Å². The highest BCUT2D eigenvalue weighted by atomic mass is 35.5. The summed E-state index contributed by atoms with van der Waals surface area (Å²) in [5, 5.41) is 18.4. The zero-order valence-electron chi connectivity index (χ0n) is 11.8. The van der Waals surface area contributed by atoms with Gasteiger partial charge < -0.3 is 10.4 Å². The lowest BCUT2D eigenvalue weighted by Crippen LogP contribution is -2.22. The molecule has 0 bridgehead atoms. The SMILES string of the molecule is CCc1nn(C)c(CNCC(O)c2ccccc2)c1Cl. The summed E-state index contributed by atoms with van der Waals surface area (Å²) in [6.07, 6.45) is 0.299. The standard InChI is InChI=1S/C15H20ClN3O/c1-3-12-15(16)13(19(2)18-12)9-17-10-14(20)11-7-5-4-6-8-11/h4-8,14,17,20H,3,9-10H2,1-2H3. The Morgan fingerprint density at radius 2 is 2.05 bits per heavy atom. The smallest absolute Gasteiger partial charge is 0.0914 e. The molecule has 0 saturated heterocycles. The van der Waals surface area contributed by atoms with Crippen LogP contribution in [0.5, 0.6) is 0 Å². The lowest BCUT2D eigenvalue weighted by Gasteiger charge is -2.12. The molecule has 0 radical (unpaired) electrons. The van der Waals surface area contributed by atoms with Crippen LogP contribution in [0.3, 0.4) is 0 Å². The van der Waals surface area contributed by atoms with Gasteiger partial charge in [0.15, 0.2) is 0 Å². The van der Waals surface area contributed by atoms with Gasteiger partial charge in [0, 0.05) is 20.1 Å². The van der Waals surface area contributed by atoms with Gasteiger partial charge in [-0.25, -0.2) is 0 Å². The molecule has 108 valence electrons. The Labute approximate surface area is 124 Å². The number of nitrogens with zero attached hydrogens (tertiary/aromatic N) is 2. The molecule has 1 unspecified atom stereocenters. The van der Waals surface area contributed by atoms with Crippen molar-refractivity contribution in [3.63, 3.8) is 0 Å². The van der Waals surface area contributed by atoms with Crippen LogP contribution in [-0.4, -0.2) is 21.4 Å². The van der Waals surface area contributed by atoms with Crippen LogP contribution in [0.15, 0.2) is 30.3 Å². The van der Waals surface area contributed by atoms with Crippen molar-refractivity contribution in [1.29, 1.82) is 0 Å². The summed E-state index contributed by atoms with van der Waals surface area (Å²) < 4.78 is 1.79. The van der Waals surface area contributed by atoms with E-state index in [9.17, 15) is 5.11 Å². The van der Waals surface area contributed by atoms with Gasteiger partial charge in [0.25, 0.3) is 0 Å². The number of hydrogen-bond acceptors (Lipinski definition) is 3. The minimum Gasteiger partial charge on any atom is -0.387 e. The summed E-state index contributed by atoms with van der Waals surface area (Å²) in [5.74, 6) is 0. The van der Waals surface area contributed by atoms with Crippen LogP contribution in [0.2, 0.25) is 5.02 Å². The maximum Gasteiger partial charge on any atom is 0.0914 e. The molecule has 2 N–H and O–H groups in total. The number of aromatic nitrogens is 2. The van der Waals surface area contributed by atoms with Crippen molar-refractivity contribution in [1.82, 2.24) is 15.1 Å². The molecule has 0 aliphatic heterocycles. The average molecular weight is 294 g/mol. The molecule has 2 rings (SSSR count). The van der Waals surface area contributed by atoms with Crippen LogP contribution in [0.1, 0.15) is 30.0 Å². The minimum absolute atomic E-state index is 0.479. The molecule has 0 amide bonds. The molecular formula is C15H20ClN3O. The summed E-state index contributed by atoms with van der Waals surface area (Å²) in [5.41, 5.74) is 2.77. The quantitative estimate of drug-likeness (QED) is 0.860. The zero-order chi connectivity index (χ0) is 14.5. The van der Waals surface area contributed by atoms with E-state index >= 15 is 0 Å². The zero-order valence-corrected chi connectivity index (χ0v) is 12.6. The fraction of sp³-hybridized carbons (Fsp3) is 0.400. The number of nitrogens with one attached hydrogen (secondary N) is 1. The maximum atomic E-state index is 10.1. The number of aliphatic hydroxyl groups excluding tert-OH is 1. The Morgan fingerprint density at radius 1 is 1.35 bits per heavy atom. The Hall–Kier alpha value is -1.36. The predicted molar refractivity (Wildman–Crippen MR) is 80.7 cm³/mol. The van der Waals surface area contributed by atoms with Gasteiger partial charge in [-0.05, 0) is 12.0 Å². The number of aliphatic hydroxyl groups is 1. The van der Waals surface area contributed by atoms with Gasteiger partial charge in [-0.1, -0.05) is 48.9 Å². The Kier molecular flexibility index (Phi) is 5.17. The van der Waals surface area contributed by atoms with E-state index in [0.29, 0.717) is 13.1 Å². The van der Waals surface area contributed by atoms with Crippen molar-refractivity contribution in [2.75, 3.05) is 6.54 Å². The maximum absolute atomic E-state index is 10.1. The van der Waals surface area contributed by atoms with Gasteiger partial charge in [-0.2, -0.15) is 5.10 Å². The second-order valence-electron chi connectivity index (χ2n) is 4.74. The van der Waals surface area contributed by atoms with Gasteiger partial charge in [-0.15, -0.1) is 0 Å². The molecule has 20 heavy (non-hydrogen) atoms. The summed E-state index contributed by atoms with van der Waals surface area (Å²) in [4.78, 5) is 0. The first-order valence-corrected chi connectivity index (χ1v) is 7.15. The van der Waals surface area contributed by atoms with Crippen molar-refractivity contribution in [2.24, 2.45) is 7.05 Å². The molecule has 0 fully saturated rings. The fourth-order valence-electron chi connectivity index (χ4n) is 2.13. The molecule has 1 heterocycles. The summed E-state index contributed by atoms with van der Waals surface area (Å²) in [6, 6.07) is 9.61. The molecule has 4 nitrogen and oxygen atoms in total. The fourth-order valence-corrected chi connectivity index (χ4v) is 2.49. The number of benzene rings is 1. The lowest BCUT2D eigenvalue weighted by molar-refractivity contribution is 0.174. The van der Waals surface area contributed by atoms with Crippen LogP contribution in [0, 0.1) is 0 Å². The molecule has 0 aliphatic rings. The molecule has 1 atom stereocenters. The van der Waals surface area contributed by atoms with E-state index in [2.05, 4.69) is 10.4 Å². The van der Waals surface area contributed by atoms with Gasteiger partial charge in [0.2, 0.25) is 0 Å². The normalized spacial score (nSPS) is 12.6. The van der Waals surface area contributed by atoms with Crippen molar-refractivity contribution in [2.45, 2.75) is 26.0 Å². The van der Waals surface area contributed by atoms with Gasteiger partial charge >= 0.3 is 0 Å². The lowest BCUT2D eigenvalue weighted by atomic mass is 10.1. The first-order chi connectivity index (χ1) is 9.63.